The van der Waals surface area contributed by atoms with Gasteiger partial charge in [-0.15, -0.1) is 0 Å². The molecule has 0 saturated heterocycles. The summed E-state index contributed by atoms with van der Waals surface area (Å²) in [6.45, 7) is 0. The van der Waals surface area contributed by atoms with Gasteiger partial charge in [0.25, 0.3) is 0 Å². The molecule has 2 fully saturated rings. The first-order valence-electron chi connectivity index (χ1n) is 7.59. The molecule has 2 aliphatic rings. The van der Waals surface area contributed by atoms with Crippen molar-refractivity contribution in [2.75, 3.05) is 0 Å². The van der Waals surface area contributed by atoms with Gasteiger partial charge in [0.05, 0.1) is 5.92 Å². The zero-order chi connectivity index (χ0) is 14.1. The second-order valence-corrected chi connectivity index (χ2v) is 7.46. The van der Waals surface area contributed by atoms with E-state index >= 15 is 0 Å². The molecular weight excluding hydrogens is 316 g/mol. The topological polar surface area (TPSA) is 37.3 Å². The third kappa shape index (κ3) is 3.08. The lowest BCUT2D eigenvalue weighted by Gasteiger charge is -2.24. The van der Waals surface area contributed by atoms with E-state index < -0.39 is 5.97 Å². The molecule has 0 heterocycles. The van der Waals surface area contributed by atoms with Gasteiger partial charge < -0.3 is 5.11 Å². The van der Waals surface area contributed by atoms with Crippen LogP contribution in [0.15, 0.2) is 28.7 Å². The first kappa shape index (κ1) is 14.1. The van der Waals surface area contributed by atoms with Crippen LogP contribution in [-0.4, -0.2) is 11.1 Å². The molecule has 2 nitrogen and oxygen atoms in total. The highest BCUT2D eigenvalue weighted by Gasteiger charge is 2.40. The Balaban J connectivity index is 1.65. The first-order valence-corrected chi connectivity index (χ1v) is 8.38. The highest BCUT2D eigenvalue weighted by atomic mass is 79.9. The van der Waals surface area contributed by atoms with E-state index in [1.54, 1.807) is 0 Å². The van der Waals surface area contributed by atoms with Gasteiger partial charge in [-0.25, -0.2) is 0 Å². The van der Waals surface area contributed by atoms with E-state index in [9.17, 15) is 9.90 Å². The summed E-state index contributed by atoms with van der Waals surface area (Å²) in [5.74, 6) is 1.50. The Labute approximate surface area is 128 Å². The molecule has 108 valence electrons. The molecule has 0 spiro atoms. The van der Waals surface area contributed by atoms with Crippen LogP contribution in [0.1, 0.15) is 37.7 Å². The third-order valence-electron chi connectivity index (χ3n) is 5.19. The molecule has 3 rings (SSSR count). The fourth-order valence-corrected chi connectivity index (χ4v) is 4.70. The lowest BCUT2D eigenvalue weighted by atomic mass is 9.80. The van der Waals surface area contributed by atoms with E-state index in [-0.39, 0.29) is 5.92 Å². The summed E-state index contributed by atoms with van der Waals surface area (Å²) in [6, 6.07) is 8.03. The Morgan fingerprint density at radius 3 is 2.80 bits per heavy atom. The Morgan fingerprint density at radius 2 is 2.20 bits per heavy atom. The first-order chi connectivity index (χ1) is 9.61. The number of rotatable bonds is 5. The Hall–Kier alpha value is -0.830. The van der Waals surface area contributed by atoms with Crippen molar-refractivity contribution >= 4 is 21.9 Å². The van der Waals surface area contributed by atoms with Crippen molar-refractivity contribution in [2.24, 2.45) is 23.7 Å². The average molecular weight is 337 g/mol. The van der Waals surface area contributed by atoms with Gasteiger partial charge in [0, 0.05) is 4.47 Å². The monoisotopic (exact) mass is 336 g/mol. The highest BCUT2D eigenvalue weighted by molar-refractivity contribution is 9.10. The minimum atomic E-state index is -0.632. The fraction of sp³-hybridized carbons (Fsp3) is 0.588. The molecule has 4 atom stereocenters. The van der Waals surface area contributed by atoms with Gasteiger partial charge in [-0.3, -0.25) is 4.79 Å². The van der Waals surface area contributed by atoms with Crippen LogP contribution < -0.4 is 0 Å². The molecular formula is C17H21BrO2. The molecule has 3 heteroatoms. The molecule has 20 heavy (non-hydrogen) atoms. The van der Waals surface area contributed by atoms with Gasteiger partial charge in [-0.2, -0.15) is 0 Å². The van der Waals surface area contributed by atoms with E-state index in [1.165, 1.54) is 25.7 Å². The van der Waals surface area contributed by atoms with Crippen LogP contribution in [0.25, 0.3) is 0 Å². The Kier molecular flexibility index (Phi) is 4.16. The molecule has 0 aromatic heterocycles. The summed E-state index contributed by atoms with van der Waals surface area (Å²) >= 11 is 3.46. The second-order valence-electron chi connectivity index (χ2n) is 6.54. The number of carboxylic acid groups (broad SMARTS) is 1. The van der Waals surface area contributed by atoms with Crippen LogP contribution in [0.2, 0.25) is 0 Å². The number of aliphatic carboxylic acids is 1. The zero-order valence-corrected chi connectivity index (χ0v) is 13.2. The highest BCUT2D eigenvalue weighted by Crippen LogP contribution is 2.50. The summed E-state index contributed by atoms with van der Waals surface area (Å²) in [5, 5.41) is 9.52. The van der Waals surface area contributed by atoms with Crippen LogP contribution in [0.3, 0.4) is 0 Å². The van der Waals surface area contributed by atoms with Crippen molar-refractivity contribution < 1.29 is 9.90 Å². The van der Waals surface area contributed by atoms with Crippen LogP contribution >= 0.6 is 15.9 Å². The molecule has 2 aliphatic carbocycles. The molecule has 0 aliphatic heterocycles. The molecule has 0 amide bonds. The molecule has 2 saturated carbocycles. The summed E-state index contributed by atoms with van der Waals surface area (Å²) in [4.78, 5) is 11.6. The van der Waals surface area contributed by atoms with Gasteiger partial charge in [0.1, 0.15) is 0 Å². The van der Waals surface area contributed by atoms with Gasteiger partial charge in [0.2, 0.25) is 0 Å². The minimum Gasteiger partial charge on any atom is -0.481 e. The molecule has 1 N–H and O–H groups in total. The summed E-state index contributed by atoms with van der Waals surface area (Å²) in [5.41, 5.74) is 1.12. The number of carboxylic acids is 1. The summed E-state index contributed by atoms with van der Waals surface area (Å²) in [7, 11) is 0. The lowest BCUT2D eigenvalue weighted by molar-refractivity contribution is -0.142. The average Bonchev–Trinajstić information content (AvgIpc) is 3.00. The van der Waals surface area contributed by atoms with Crippen LogP contribution in [0.4, 0.5) is 0 Å². The number of fused-ring (bicyclic) bond motifs is 2. The minimum absolute atomic E-state index is 0.228. The van der Waals surface area contributed by atoms with Crippen molar-refractivity contribution in [3.63, 3.8) is 0 Å². The molecule has 1 aromatic rings. The van der Waals surface area contributed by atoms with Gasteiger partial charge in [-0.05, 0) is 67.6 Å². The van der Waals surface area contributed by atoms with E-state index in [1.807, 2.05) is 24.3 Å². The van der Waals surface area contributed by atoms with Gasteiger partial charge in [0.15, 0.2) is 0 Å². The Morgan fingerprint density at radius 1 is 1.35 bits per heavy atom. The molecule has 2 bridgehead atoms. The van der Waals surface area contributed by atoms with Gasteiger partial charge in [-0.1, -0.05) is 34.5 Å². The quantitative estimate of drug-likeness (QED) is 0.858. The maximum absolute atomic E-state index is 11.6. The normalized spacial score (nSPS) is 29.6. The summed E-state index contributed by atoms with van der Waals surface area (Å²) < 4.78 is 1.03. The van der Waals surface area contributed by atoms with E-state index in [0.29, 0.717) is 12.3 Å². The van der Waals surface area contributed by atoms with Crippen LogP contribution in [0, 0.1) is 23.7 Å². The molecule has 1 aromatic carbocycles. The van der Waals surface area contributed by atoms with Crippen molar-refractivity contribution in [2.45, 2.75) is 38.5 Å². The van der Waals surface area contributed by atoms with Crippen molar-refractivity contribution in [3.05, 3.63) is 34.3 Å². The number of benzene rings is 1. The molecule has 4 unspecified atom stereocenters. The maximum atomic E-state index is 11.6. The van der Waals surface area contributed by atoms with E-state index in [0.717, 1.165) is 28.3 Å². The Bertz CT molecular complexity index is 500. The number of halogens is 1. The number of hydrogen-bond donors (Lipinski definition) is 1. The standard InChI is InChI=1S/C17H21BrO2/c18-16-3-1-2-11(9-16)8-15(17(19)20)10-14-7-12-4-5-13(14)6-12/h1-3,9,12-15H,4-8,10H2,(H,19,20). The zero-order valence-electron chi connectivity index (χ0n) is 11.6. The van der Waals surface area contributed by atoms with E-state index in [2.05, 4.69) is 15.9 Å². The van der Waals surface area contributed by atoms with Gasteiger partial charge >= 0.3 is 5.97 Å². The predicted octanol–water partition coefficient (Wildman–Crippen LogP) is 4.52. The maximum Gasteiger partial charge on any atom is 0.306 e. The predicted molar refractivity (Wildman–Crippen MR) is 82.5 cm³/mol. The van der Waals surface area contributed by atoms with Crippen LogP contribution in [-0.2, 0) is 11.2 Å². The van der Waals surface area contributed by atoms with Crippen LogP contribution in [0.5, 0.6) is 0 Å². The van der Waals surface area contributed by atoms with Crippen molar-refractivity contribution in [1.82, 2.24) is 0 Å². The fourth-order valence-electron chi connectivity index (χ4n) is 4.25. The van der Waals surface area contributed by atoms with Crippen molar-refractivity contribution in [1.29, 1.82) is 0 Å². The smallest absolute Gasteiger partial charge is 0.306 e. The van der Waals surface area contributed by atoms with Crippen molar-refractivity contribution in [3.8, 4) is 0 Å². The second kappa shape index (κ2) is 5.88. The van der Waals surface area contributed by atoms with E-state index in [4.69, 9.17) is 0 Å². The lowest BCUT2D eigenvalue weighted by Crippen LogP contribution is -2.23. The third-order valence-corrected chi connectivity index (χ3v) is 5.69. The molecule has 0 radical (unpaired) electrons. The number of hydrogen-bond acceptors (Lipinski definition) is 1. The largest absolute Gasteiger partial charge is 0.481 e. The number of carbonyl (C=O) groups is 1. The summed E-state index contributed by atoms with van der Waals surface area (Å²) in [6.07, 6.45) is 6.86. The SMILES string of the molecule is O=C(O)C(Cc1cccc(Br)c1)CC1CC2CCC1C2.